The Bertz CT molecular complexity index is 1220. The molecular weight excluding hydrogens is 473 g/mol. The van der Waals surface area contributed by atoms with Gasteiger partial charge in [0.05, 0.1) is 6.04 Å². The molecule has 2 amide bonds. The van der Waals surface area contributed by atoms with Crippen LogP contribution < -0.4 is 0 Å². The van der Waals surface area contributed by atoms with E-state index < -0.39 is 0 Å². The maximum atomic E-state index is 14.0. The van der Waals surface area contributed by atoms with Gasteiger partial charge in [0.2, 0.25) is 5.91 Å². The topological polar surface area (TPSA) is 43.9 Å². The third-order valence-corrected chi connectivity index (χ3v) is 8.37. The smallest absolute Gasteiger partial charge is 0.253 e. The lowest BCUT2D eigenvalue weighted by Gasteiger charge is -2.38. The number of rotatable bonds is 6. The number of carbonyl (C=O) groups is 2. The molecule has 0 bridgehead atoms. The highest BCUT2D eigenvalue weighted by atomic mass is 32.1. The van der Waals surface area contributed by atoms with Crippen LogP contribution in [0.5, 0.6) is 0 Å². The number of hydrogen-bond acceptors (Lipinski definition) is 4. The summed E-state index contributed by atoms with van der Waals surface area (Å²) in [7, 11) is 0. The molecule has 2 aromatic carbocycles. The molecule has 1 fully saturated rings. The molecule has 7 heteroatoms. The average Bonchev–Trinajstić information content (AvgIpc) is 3.40. The first kappa shape index (κ1) is 24.7. The summed E-state index contributed by atoms with van der Waals surface area (Å²) in [5.74, 6) is -0.0920. The van der Waals surface area contributed by atoms with E-state index in [2.05, 4.69) is 23.3 Å². The van der Waals surface area contributed by atoms with Gasteiger partial charge in [0, 0.05) is 56.1 Å². The fourth-order valence-corrected chi connectivity index (χ4v) is 6.20. The number of halogens is 1. The summed E-state index contributed by atoms with van der Waals surface area (Å²) >= 11 is 1.75. The Morgan fingerprint density at radius 2 is 1.72 bits per heavy atom. The van der Waals surface area contributed by atoms with Crippen molar-refractivity contribution >= 4 is 23.2 Å². The van der Waals surface area contributed by atoms with E-state index in [0.29, 0.717) is 44.7 Å². The highest BCUT2D eigenvalue weighted by Gasteiger charge is 2.31. The van der Waals surface area contributed by atoms with Gasteiger partial charge in [-0.1, -0.05) is 31.2 Å². The molecule has 3 aromatic rings. The third kappa shape index (κ3) is 5.22. The number of thiophene rings is 1. The second kappa shape index (κ2) is 10.9. The van der Waals surface area contributed by atoms with Crippen LogP contribution in [-0.4, -0.2) is 65.8 Å². The zero-order chi connectivity index (χ0) is 25.1. The molecule has 2 aliphatic rings. The fourth-order valence-electron chi connectivity index (χ4n) is 5.30. The monoisotopic (exact) mass is 505 g/mol. The van der Waals surface area contributed by atoms with Crippen molar-refractivity contribution in [2.45, 2.75) is 32.2 Å². The first-order valence-corrected chi connectivity index (χ1v) is 13.6. The Kier molecular flexibility index (Phi) is 7.48. The summed E-state index contributed by atoms with van der Waals surface area (Å²) in [5.41, 5.74) is 4.07. The molecule has 2 aliphatic heterocycles. The molecule has 5 rings (SSSR count). The van der Waals surface area contributed by atoms with Gasteiger partial charge in [-0.25, -0.2) is 4.39 Å². The minimum Gasteiger partial charge on any atom is -0.339 e. The van der Waals surface area contributed by atoms with Crippen molar-refractivity contribution < 1.29 is 14.0 Å². The average molecular weight is 506 g/mol. The van der Waals surface area contributed by atoms with Crippen molar-refractivity contribution in [2.24, 2.45) is 0 Å². The van der Waals surface area contributed by atoms with E-state index >= 15 is 0 Å². The maximum Gasteiger partial charge on any atom is 0.253 e. The van der Waals surface area contributed by atoms with Gasteiger partial charge in [0.1, 0.15) is 5.82 Å². The van der Waals surface area contributed by atoms with Crippen LogP contribution in [0.1, 0.15) is 51.3 Å². The van der Waals surface area contributed by atoms with Gasteiger partial charge in [-0.2, -0.15) is 0 Å². The lowest BCUT2D eigenvalue weighted by Crippen LogP contribution is -2.51. The van der Waals surface area contributed by atoms with E-state index in [1.165, 1.54) is 22.1 Å². The SMILES string of the molecule is CCc1ccc(C(=O)N2CCN(C(=O)CCN3CCc4sccc4[C@H]3c3cccc(F)c3)CC2)cc1. The van der Waals surface area contributed by atoms with Gasteiger partial charge in [-0.3, -0.25) is 14.5 Å². The Hall–Kier alpha value is -3.03. The van der Waals surface area contributed by atoms with Gasteiger partial charge < -0.3 is 9.80 Å². The van der Waals surface area contributed by atoms with Crippen LogP contribution in [-0.2, 0) is 17.6 Å². The van der Waals surface area contributed by atoms with Crippen molar-refractivity contribution in [3.8, 4) is 0 Å². The largest absolute Gasteiger partial charge is 0.339 e. The quantitative estimate of drug-likeness (QED) is 0.485. The molecule has 188 valence electrons. The van der Waals surface area contributed by atoms with Gasteiger partial charge in [-0.05, 0) is 65.2 Å². The van der Waals surface area contributed by atoms with Crippen LogP contribution >= 0.6 is 11.3 Å². The van der Waals surface area contributed by atoms with Crippen molar-refractivity contribution in [3.63, 3.8) is 0 Å². The molecule has 0 N–H and O–H groups in total. The summed E-state index contributed by atoms with van der Waals surface area (Å²) in [6, 6.07) is 16.7. The molecule has 1 saturated heterocycles. The number of benzene rings is 2. The van der Waals surface area contributed by atoms with E-state index in [0.717, 1.165) is 24.9 Å². The first-order chi connectivity index (χ1) is 17.5. The molecule has 0 radical (unpaired) electrons. The number of fused-ring (bicyclic) bond motifs is 1. The van der Waals surface area contributed by atoms with Crippen LogP contribution in [0.3, 0.4) is 0 Å². The molecular formula is C29H32FN3O2S. The minimum atomic E-state index is -0.236. The zero-order valence-electron chi connectivity index (χ0n) is 20.7. The number of piperazine rings is 1. The summed E-state index contributed by atoms with van der Waals surface area (Å²) in [6.07, 6.45) is 2.31. The van der Waals surface area contributed by atoms with Crippen LogP contribution in [0.2, 0.25) is 0 Å². The molecule has 1 aromatic heterocycles. The van der Waals surface area contributed by atoms with Gasteiger partial charge >= 0.3 is 0 Å². The van der Waals surface area contributed by atoms with Gasteiger partial charge in [0.15, 0.2) is 0 Å². The standard InChI is InChI=1S/C29H32FN3O2S/c1-2-21-6-8-22(9-7-21)29(35)33-17-15-31(16-18-33)27(34)11-14-32-13-10-26-25(12-19-36-26)28(32)23-4-3-5-24(30)20-23/h3-9,12,19-20,28H,2,10-11,13-18H2,1H3/t28-/m1/s1. The third-order valence-electron chi connectivity index (χ3n) is 7.37. The summed E-state index contributed by atoms with van der Waals surface area (Å²) < 4.78 is 14.0. The first-order valence-electron chi connectivity index (χ1n) is 12.7. The Labute approximate surface area is 216 Å². The van der Waals surface area contributed by atoms with Crippen LogP contribution in [0.15, 0.2) is 60.0 Å². The fraction of sp³-hybridized carbons (Fsp3) is 0.379. The van der Waals surface area contributed by atoms with E-state index in [1.54, 1.807) is 23.5 Å². The van der Waals surface area contributed by atoms with Gasteiger partial charge in [-0.15, -0.1) is 11.3 Å². The number of nitrogens with zero attached hydrogens (tertiary/aromatic N) is 3. The van der Waals surface area contributed by atoms with E-state index in [4.69, 9.17) is 0 Å². The minimum absolute atomic E-state index is 0.0302. The predicted octanol–water partition coefficient (Wildman–Crippen LogP) is 4.77. The Morgan fingerprint density at radius 1 is 0.972 bits per heavy atom. The molecule has 1 atom stereocenters. The van der Waals surface area contributed by atoms with Crippen molar-refractivity contribution in [3.05, 3.63) is 92.9 Å². The number of carbonyl (C=O) groups excluding carboxylic acids is 2. The lowest BCUT2D eigenvalue weighted by atomic mass is 9.93. The second-order valence-electron chi connectivity index (χ2n) is 9.52. The predicted molar refractivity (Wildman–Crippen MR) is 141 cm³/mol. The molecule has 0 spiro atoms. The second-order valence-corrected chi connectivity index (χ2v) is 10.5. The van der Waals surface area contributed by atoms with E-state index in [9.17, 15) is 14.0 Å². The Balaban J connectivity index is 1.18. The van der Waals surface area contributed by atoms with Gasteiger partial charge in [0.25, 0.3) is 5.91 Å². The van der Waals surface area contributed by atoms with Crippen LogP contribution in [0, 0.1) is 5.82 Å². The maximum absolute atomic E-state index is 14.0. The Morgan fingerprint density at radius 3 is 2.44 bits per heavy atom. The van der Waals surface area contributed by atoms with Crippen molar-refractivity contribution in [1.82, 2.24) is 14.7 Å². The molecule has 36 heavy (non-hydrogen) atoms. The molecule has 0 unspecified atom stereocenters. The van der Waals surface area contributed by atoms with E-state index in [1.807, 2.05) is 40.1 Å². The number of hydrogen-bond donors (Lipinski definition) is 0. The molecule has 0 saturated carbocycles. The highest BCUT2D eigenvalue weighted by Crippen LogP contribution is 2.38. The zero-order valence-corrected chi connectivity index (χ0v) is 21.5. The van der Waals surface area contributed by atoms with Crippen molar-refractivity contribution in [1.29, 1.82) is 0 Å². The highest BCUT2D eigenvalue weighted by molar-refractivity contribution is 7.10. The molecule has 3 heterocycles. The summed E-state index contributed by atoms with van der Waals surface area (Å²) in [5, 5.41) is 2.10. The lowest BCUT2D eigenvalue weighted by molar-refractivity contribution is -0.133. The number of aryl methyl sites for hydroxylation is 1. The van der Waals surface area contributed by atoms with Crippen LogP contribution in [0.25, 0.3) is 0 Å². The molecule has 5 nitrogen and oxygen atoms in total. The molecule has 0 aliphatic carbocycles. The normalized spacial score (nSPS) is 18.2. The van der Waals surface area contributed by atoms with Crippen LogP contribution in [0.4, 0.5) is 4.39 Å². The summed E-state index contributed by atoms with van der Waals surface area (Å²) in [4.78, 5) is 33.3. The number of amides is 2. The summed E-state index contributed by atoms with van der Waals surface area (Å²) in [6.45, 7) is 5.78. The van der Waals surface area contributed by atoms with E-state index in [-0.39, 0.29) is 23.7 Å². The van der Waals surface area contributed by atoms with Crippen molar-refractivity contribution in [2.75, 3.05) is 39.3 Å².